The maximum absolute atomic E-state index is 11.2. The second kappa shape index (κ2) is 3.54. The predicted octanol–water partition coefficient (Wildman–Crippen LogP) is 0.946. The standard InChI is InChI=1S/C8H6N2O3/c1-5(4-9)8(11)6-3-7(12-2)10-13-6/h3H,1H2,2H3. The van der Waals surface area contributed by atoms with Gasteiger partial charge in [-0.15, -0.1) is 0 Å². The zero-order chi connectivity index (χ0) is 9.84. The van der Waals surface area contributed by atoms with Gasteiger partial charge in [-0.3, -0.25) is 4.79 Å². The van der Waals surface area contributed by atoms with Crippen molar-refractivity contribution in [2.75, 3.05) is 7.11 Å². The molecule has 5 heteroatoms. The third-order valence-corrected chi connectivity index (χ3v) is 1.33. The van der Waals surface area contributed by atoms with Gasteiger partial charge in [0, 0.05) is 0 Å². The van der Waals surface area contributed by atoms with Crippen LogP contribution in [-0.4, -0.2) is 18.0 Å². The Morgan fingerprint density at radius 2 is 2.54 bits per heavy atom. The Kier molecular flexibility index (Phi) is 2.45. The number of nitriles is 1. The Hall–Kier alpha value is -2.09. The molecule has 0 atom stereocenters. The molecule has 0 amide bonds. The summed E-state index contributed by atoms with van der Waals surface area (Å²) >= 11 is 0. The van der Waals surface area contributed by atoms with Crippen LogP contribution in [0.2, 0.25) is 0 Å². The third kappa shape index (κ3) is 1.73. The number of nitrogens with zero attached hydrogens (tertiary/aromatic N) is 2. The molecule has 0 bridgehead atoms. The Balaban J connectivity index is 2.91. The van der Waals surface area contributed by atoms with Crippen molar-refractivity contribution < 1.29 is 14.1 Å². The fraction of sp³-hybridized carbons (Fsp3) is 0.125. The van der Waals surface area contributed by atoms with Crippen LogP contribution < -0.4 is 4.74 Å². The molecule has 1 aromatic rings. The molecule has 66 valence electrons. The summed E-state index contributed by atoms with van der Waals surface area (Å²) < 4.78 is 9.29. The first-order valence-electron chi connectivity index (χ1n) is 3.33. The van der Waals surface area contributed by atoms with Gasteiger partial charge in [0.1, 0.15) is 6.07 Å². The number of hydrogen-bond donors (Lipinski definition) is 0. The molecule has 0 saturated heterocycles. The average Bonchev–Trinajstić information content (AvgIpc) is 2.63. The van der Waals surface area contributed by atoms with Crippen LogP contribution in [0.15, 0.2) is 22.7 Å². The van der Waals surface area contributed by atoms with E-state index >= 15 is 0 Å². The van der Waals surface area contributed by atoms with Crippen molar-refractivity contribution in [2.45, 2.75) is 0 Å². The van der Waals surface area contributed by atoms with E-state index in [9.17, 15) is 4.79 Å². The second-order valence-corrected chi connectivity index (χ2v) is 2.15. The topological polar surface area (TPSA) is 76.1 Å². The van der Waals surface area contributed by atoms with Crippen LogP contribution in [0.25, 0.3) is 0 Å². The minimum atomic E-state index is -0.585. The van der Waals surface area contributed by atoms with E-state index in [0.717, 1.165) is 0 Å². The summed E-state index contributed by atoms with van der Waals surface area (Å²) in [4.78, 5) is 11.2. The number of ether oxygens (including phenoxy) is 1. The molecule has 0 fully saturated rings. The van der Waals surface area contributed by atoms with Gasteiger partial charge in [0.2, 0.25) is 11.5 Å². The van der Waals surface area contributed by atoms with Gasteiger partial charge in [0.25, 0.3) is 5.88 Å². The van der Waals surface area contributed by atoms with Crippen LogP contribution in [0.1, 0.15) is 10.6 Å². The summed E-state index contributed by atoms with van der Waals surface area (Å²) in [6.07, 6.45) is 0. The molecule has 0 aliphatic rings. The number of carbonyl (C=O) groups excluding carboxylic acids is 1. The average molecular weight is 178 g/mol. The molecule has 1 aromatic heterocycles. The Bertz CT molecular complexity index is 386. The van der Waals surface area contributed by atoms with Crippen LogP contribution >= 0.6 is 0 Å². The summed E-state index contributed by atoms with van der Waals surface area (Å²) in [6.45, 7) is 3.25. The van der Waals surface area contributed by atoms with Crippen LogP contribution in [0.4, 0.5) is 0 Å². The van der Waals surface area contributed by atoms with Crippen LogP contribution in [0.5, 0.6) is 5.88 Å². The first-order valence-corrected chi connectivity index (χ1v) is 3.33. The minimum absolute atomic E-state index is 0.0524. The molecule has 1 rings (SSSR count). The van der Waals surface area contributed by atoms with Crippen molar-refractivity contribution in [3.63, 3.8) is 0 Å². The number of aromatic nitrogens is 1. The van der Waals surface area contributed by atoms with Crippen molar-refractivity contribution in [3.8, 4) is 11.9 Å². The van der Waals surface area contributed by atoms with Crippen molar-refractivity contribution >= 4 is 5.78 Å². The van der Waals surface area contributed by atoms with Crippen LogP contribution in [-0.2, 0) is 0 Å². The minimum Gasteiger partial charge on any atom is -0.479 e. The fourth-order valence-corrected chi connectivity index (χ4v) is 0.662. The Morgan fingerprint density at radius 1 is 1.85 bits per heavy atom. The molecule has 1 heterocycles. The first-order chi connectivity index (χ1) is 6.19. The highest BCUT2D eigenvalue weighted by Gasteiger charge is 2.15. The van der Waals surface area contributed by atoms with Crippen molar-refractivity contribution in [1.29, 1.82) is 5.26 Å². The molecule has 0 aromatic carbocycles. The highest BCUT2D eigenvalue weighted by Crippen LogP contribution is 2.13. The monoisotopic (exact) mass is 178 g/mol. The van der Waals surface area contributed by atoms with E-state index in [-0.39, 0.29) is 17.2 Å². The largest absolute Gasteiger partial charge is 0.479 e. The molecular weight excluding hydrogens is 172 g/mol. The number of carbonyl (C=O) groups is 1. The van der Waals surface area contributed by atoms with Gasteiger partial charge in [0.05, 0.1) is 18.7 Å². The van der Waals surface area contributed by atoms with Crippen molar-refractivity contribution in [2.24, 2.45) is 0 Å². The summed E-state index contributed by atoms with van der Waals surface area (Å²) in [6, 6.07) is 2.91. The maximum atomic E-state index is 11.2. The molecule has 0 aliphatic heterocycles. The summed E-state index contributed by atoms with van der Waals surface area (Å²) in [5.41, 5.74) is -0.196. The molecule has 13 heavy (non-hydrogen) atoms. The number of ketones is 1. The van der Waals surface area contributed by atoms with E-state index in [0.29, 0.717) is 0 Å². The lowest BCUT2D eigenvalue weighted by atomic mass is 10.2. The molecule has 0 radical (unpaired) electrons. The normalized spacial score (nSPS) is 8.92. The van der Waals surface area contributed by atoms with Crippen molar-refractivity contribution in [3.05, 3.63) is 24.0 Å². The Morgan fingerprint density at radius 3 is 3.00 bits per heavy atom. The van der Waals surface area contributed by atoms with Gasteiger partial charge in [0.15, 0.2) is 0 Å². The molecule has 0 aliphatic carbocycles. The highest BCUT2D eigenvalue weighted by molar-refractivity contribution is 6.09. The Labute approximate surface area is 74.2 Å². The quantitative estimate of drug-likeness (QED) is 0.391. The van der Waals surface area contributed by atoms with Gasteiger partial charge in [-0.2, -0.15) is 5.26 Å². The maximum Gasteiger partial charge on any atom is 0.254 e. The third-order valence-electron chi connectivity index (χ3n) is 1.33. The SMILES string of the molecule is C=C(C#N)C(=O)c1cc(OC)no1. The summed E-state index contributed by atoms with van der Waals surface area (Å²) in [5.74, 6) is -0.448. The van der Waals surface area contributed by atoms with Gasteiger partial charge >= 0.3 is 0 Å². The molecule has 0 saturated carbocycles. The van der Waals surface area contributed by atoms with Gasteiger partial charge in [-0.1, -0.05) is 6.58 Å². The number of allylic oxidation sites excluding steroid dienone is 1. The molecular formula is C8H6N2O3. The van der Waals surface area contributed by atoms with Crippen LogP contribution in [0.3, 0.4) is 0 Å². The molecule has 5 nitrogen and oxygen atoms in total. The van der Waals surface area contributed by atoms with Gasteiger partial charge in [-0.05, 0) is 5.16 Å². The van der Waals surface area contributed by atoms with Crippen molar-refractivity contribution in [1.82, 2.24) is 5.16 Å². The van der Waals surface area contributed by atoms with E-state index in [1.54, 1.807) is 6.07 Å². The zero-order valence-corrected chi connectivity index (χ0v) is 6.90. The smallest absolute Gasteiger partial charge is 0.254 e. The molecule has 0 spiro atoms. The summed E-state index contributed by atoms with van der Waals surface area (Å²) in [7, 11) is 1.39. The lowest BCUT2D eigenvalue weighted by Gasteiger charge is -1.87. The highest BCUT2D eigenvalue weighted by atomic mass is 16.5. The number of hydrogen-bond acceptors (Lipinski definition) is 5. The second-order valence-electron chi connectivity index (χ2n) is 2.15. The predicted molar refractivity (Wildman–Crippen MR) is 42.1 cm³/mol. The van der Waals surface area contributed by atoms with Crippen LogP contribution in [0, 0.1) is 11.3 Å². The van der Waals surface area contributed by atoms with E-state index in [1.807, 2.05) is 0 Å². The lowest BCUT2D eigenvalue weighted by molar-refractivity contribution is 0.100. The van der Waals surface area contributed by atoms with E-state index in [2.05, 4.69) is 21.0 Å². The van der Waals surface area contributed by atoms with Gasteiger partial charge < -0.3 is 9.26 Å². The molecule has 0 N–H and O–H groups in total. The summed E-state index contributed by atoms with van der Waals surface area (Å²) in [5, 5.41) is 11.8. The van der Waals surface area contributed by atoms with E-state index < -0.39 is 5.78 Å². The van der Waals surface area contributed by atoms with Gasteiger partial charge in [-0.25, -0.2) is 0 Å². The molecule has 0 unspecified atom stereocenters. The number of methoxy groups -OCH3 is 1. The van der Waals surface area contributed by atoms with E-state index in [1.165, 1.54) is 13.2 Å². The van der Waals surface area contributed by atoms with E-state index in [4.69, 9.17) is 5.26 Å². The fourth-order valence-electron chi connectivity index (χ4n) is 0.662. The number of Topliss-reactive ketones (excluding diaryl/α,β-unsaturated/α-hetero) is 1. The number of rotatable bonds is 3. The lowest BCUT2D eigenvalue weighted by Crippen LogP contribution is -1.98. The first kappa shape index (κ1) is 9.00. The zero-order valence-electron chi connectivity index (χ0n) is 6.90.